The van der Waals surface area contributed by atoms with Crippen molar-refractivity contribution in [1.29, 1.82) is 0 Å². The molecule has 3 N–H and O–H groups in total. The van der Waals surface area contributed by atoms with Crippen molar-refractivity contribution in [3.63, 3.8) is 0 Å². The fraction of sp³-hybridized carbons (Fsp3) is 0.484. The number of ether oxygens (including phenoxy) is 1. The number of halogens is 3. The average molecular weight is 590 g/mol. The molecule has 2 heterocycles. The van der Waals surface area contributed by atoms with E-state index in [9.17, 15) is 21.6 Å². The molecule has 10 heteroatoms. The highest BCUT2D eigenvalue weighted by Crippen LogP contribution is 2.49. The quantitative estimate of drug-likeness (QED) is 0.340. The van der Waals surface area contributed by atoms with Crippen LogP contribution in [0.4, 0.5) is 18.9 Å². The molecule has 1 aliphatic carbocycles. The second kappa shape index (κ2) is 12.3. The number of rotatable bonds is 9. The normalized spacial score (nSPS) is 26.0. The maximum Gasteiger partial charge on any atom is 0.416 e. The summed E-state index contributed by atoms with van der Waals surface area (Å²) in [4.78, 5) is 0.212. The van der Waals surface area contributed by atoms with Gasteiger partial charge in [-0.2, -0.15) is 17.5 Å². The first kappa shape index (κ1) is 29.8. The van der Waals surface area contributed by atoms with Gasteiger partial charge in [-0.25, -0.2) is 8.42 Å². The topological polar surface area (TPSA) is 84.7 Å². The Bertz CT molecular complexity index is 1380. The minimum absolute atomic E-state index is 0.0108. The number of nitrogens with zero attached hydrogens (tertiary/aromatic N) is 1. The van der Waals surface area contributed by atoms with Gasteiger partial charge in [-0.3, -0.25) is 0 Å². The van der Waals surface area contributed by atoms with Gasteiger partial charge in [-0.05, 0) is 75.9 Å². The minimum Gasteiger partial charge on any atom is -0.381 e. The summed E-state index contributed by atoms with van der Waals surface area (Å²) < 4.78 is 76.6. The summed E-state index contributed by atoms with van der Waals surface area (Å²) in [6, 6.07) is 10.5. The van der Waals surface area contributed by atoms with Crippen molar-refractivity contribution in [2.24, 2.45) is 17.6 Å². The van der Waals surface area contributed by atoms with Crippen molar-refractivity contribution in [2.45, 2.75) is 68.3 Å². The first-order chi connectivity index (χ1) is 19.6. The molecule has 2 aromatic rings. The number of anilines is 1. The number of fused-ring (bicyclic) bond motifs is 3. The fourth-order valence-electron chi connectivity index (χ4n) is 6.22. The predicted molar refractivity (Wildman–Crippen MR) is 154 cm³/mol. The van der Waals surface area contributed by atoms with E-state index < -0.39 is 34.0 Å². The standard InChI is InChI=1S/C31H38F3N3O3S/c1-21-9-13-25(14-10-21)41(38,39)37(18-6-5-17-35)20-24-12-15-26-29(22-7-3-2-4-8-22)36-28-16-11-23(31(32,33)34)19-27(28)30(26)40-24/h2-4,7,9-11,13-14,16,19,22,24,26,29-30,36H,5-6,8,12,15,17-18,20,35H2,1H3/t22?,24-,26+,29+,30+/m1/s1. The number of alkyl halides is 3. The van der Waals surface area contributed by atoms with Crippen LogP contribution in [-0.4, -0.2) is 44.5 Å². The first-order valence-corrected chi connectivity index (χ1v) is 15.8. The highest BCUT2D eigenvalue weighted by molar-refractivity contribution is 7.89. The highest BCUT2D eigenvalue weighted by atomic mass is 32.2. The van der Waals surface area contributed by atoms with Gasteiger partial charge in [0.1, 0.15) is 0 Å². The summed E-state index contributed by atoms with van der Waals surface area (Å²) in [5, 5.41) is 3.53. The van der Waals surface area contributed by atoms with Gasteiger partial charge in [0.2, 0.25) is 10.0 Å². The number of hydrogen-bond donors (Lipinski definition) is 2. The lowest BCUT2D eigenvalue weighted by molar-refractivity contribution is -0.138. The minimum atomic E-state index is -4.48. The lowest BCUT2D eigenvalue weighted by Crippen LogP contribution is -2.49. The van der Waals surface area contributed by atoms with Crippen LogP contribution in [0.5, 0.6) is 0 Å². The van der Waals surface area contributed by atoms with E-state index in [4.69, 9.17) is 10.5 Å². The lowest BCUT2D eigenvalue weighted by atomic mass is 9.73. The van der Waals surface area contributed by atoms with Crippen molar-refractivity contribution < 1.29 is 26.3 Å². The van der Waals surface area contributed by atoms with Crippen LogP contribution in [0.1, 0.15) is 54.9 Å². The lowest BCUT2D eigenvalue weighted by Gasteiger charge is -2.48. The van der Waals surface area contributed by atoms with Crippen LogP contribution >= 0.6 is 0 Å². The van der Waals surface area contributed by atoms with Crippen molar-refractivity contribution in [3.05, 3.63) is 83.5 Å². The monoisotopic (exact) mass is 589 g/mol. The van der Waals surface area contributed by atoms with E-state index in [2.05, 4.69) is 17.5 Å². The van der Waals surface area contributed by atoms with E-state index in [1.807, 2.05) is 19.1 Å². The Morgan fingerprint density at radius 2 is 1.85 bits per heavy atom. The van der Waals surface area contributed by atoms with Gasteiger partial charge in [0.25, 0.3) is 0 Å². The van der Waals surface area contributed by atoms with E-state index in [1.54, 1.807) is 24.3 Å². The molecule has 5 rings (SSSR count). The molecule has 3 aliphatic rings. The van der Waals surface area contributed by atoms with Crippen LogP contribution in [0.25, 0.3) is 0 Å². The zero-order valence-corrected chi connectivity index (χ0v) is 24.0. The summed E-state index contributed by atoms with van der Waals surface area (Å²) in [5.41, 5.74) is 7.05. The highest BCUT2D eigenvalue weighted by Gasteiger charge is 2.45. The maximum absolute atomic E-state index is 13.7. The summed E-state index contributed by atoms with van der Waals surface area (Å²) in [7, 11) is -3.81. The van der Waals surface area contributed by atoms with Crippen LogP contribution in [-0.2, 0) is 20.9 Å². The Kier molecular flexibility index (Phi) is 8.94. The zero-order chi connectivity index (χ0) is 29.2. The van der Waals surface area contributed by atoms with Crippen LogP contribution in [0.3, 0.4) is 0 Å². The third-order valence-corrected chi connectivity index (χ3v) is 10.3. The van der Waals surface area contributed by atoms with Gasteiger partial charge in [0.05, 0.1) is 22.7 Å². The van der Waals surface area contributed by atoms with Gasteiger partial charge in [-0.15, -0.1) is 0 Å². The summed E-state index contributed by atoms with van der Waals surface area (Å²) in [5.74, 6) is 0.126. The van der Waals surface area contributed by atoms with Crippen molar-refractivity contribution >= 4 is 15.7 Å². The van der Waals surface area contributed by atoms with Crippen LogP contribution < -0.4 is 11.1 Å². The average Bonchev–Trinajstić information content (AvgIpc) is 2.96. The molecule has 2 aromatic carbocycles. The molecule has 5 atom stereocenters. The van der Waals surface area contributed by atoms with Gasteiger partial charge < -0.3 is 15.8 Å². The van der Waals surface area contributed by atoms with Crippen LogP contribution in [0, 0.1) is 18.8 Å². The van der Waals surface area contributed by atoms with E-state index in [1.165, 1.54) is 16.4 Å². The number of aryl methyl sites for hydroxylation is 1. The second-order valence-corrected chi connectivity index (χ2v) is 13.2. The predicted octanol–water partition coefficient (Wildman–Crippen LogP) is 6.21. The molecule has 0 amide bonds. The molecule has 1 fully saturated rings. The second-order valence-electron chi connectivity index (χ2n) is 11.3. The summed E-state index contributed by atoms with van der Waals surface area (Å²) in [6.07, 6.45) is 6.17. The number of hydrogen-bond acceptors (Lipinski definition) is 5. The van der Waals surface area contributed by atoms with Crippen molar-refractivity contribution in [3.8, 4) is 0 Å². The van der Waals surface area contributed by atoms with E-state index >= 15 is 0 Å². The largest absolute Gasteiger partial charge is 0.416 e. The fourth-order valence-corrected chi connectivity index (χ4v) is 7.73. The number of sulfonamides is 1. The molecule has 0 spiro atoms. The molecule has 222 valence electrons. The maximum atomic E-state index is 13.7. The summed E-state index contributed by atoms with van der Waals surface area (Å²) in [6.45, 7) is 2.77. The number of benzene rings is 2. The Morgan fingerprint density at radius 3 is 2.54 bits per heavy atom. The molecule has 1 unspecified atom stereocenters. The molecule has 0 saturated carbocycles. The number of nitrogens with two attached hydrogens (primary N) is 1. The smallest absolute Gasteiger partial charge is 0.381 e. The molecule has 0 bridgehead atoms. The number of allylic oxidation sites excluding steroid dienone is 3. The van der Waals surface area contributed by atoms with Gasteiger partial charge in [0, 0.05) is 42.2 Å². The SMILES string of the molecule is Cc1ccc(S(=O)(=O)N(CCCCN)C[C@H]2CC[C@@H]3[C@H](O2)c2cc(C(F)(F)F)ccc2N[C@H]3C2C=CC=CC2)cc1. The number of nitrogens with one attached hydrogen (secondary N) is 1. The molecule has 1 saturated heterocycles. The van der Waals surface area contributed by atoms with Crippen LogP contribution in [0.15, 0.2) is 71.7 Å². The van der Waals surface area contributed by atoms with Gasteiger partial charge >= 0.3 is 6.18 Å². The number of unbranched alkanes of at least 4 members (excludes halogenated alkanes) is 1. The first-order valence-electron chi connectivity index (χ1n) is 14.3. The van der Waals surface area contributed by atoms with E-state index in [0.29, 0.717) is 50.0 Å². The van der Waals surface area contributed by atoms with Gasteiger partial charge in [0.15, 0.2) is 0 Å². The Labute approximate surface area is 240 Å². The molecule has 6 nitrogen and oxygen atoms in total. The van der Waals surface area contributed by atoms with Gasteiger partial charge in [-0.1, -0.05) is 42.0 Å². The third kappa shape index (κ3) is 6.56. The van der Waals surface area contributed by atoms with E-state index in [-0.39, 0.29) is 29.3 Å². The third-order valence-electron chi connectivity index (χ3n) is 8.42. The van der Waals surface area contributed by atoms with Crippen molar-refractivity contribution in [2.75, 3.05) is 25.0 Å². The Balaban J connectivity index is 1.44. The molecule has 2 aliphatic heterocycles. The Morgan fingerprint density at radius 1 is 1.07 bits per heavy atom. The van der Waals surface area contributed by atoms with Crippen LogP contribution in [0.2, 0.25) is 0 Å². The molecule has 41 heavy (non-hydrogen) atoms. The zero-order valence-electron chi connectivity index (χ0n) is 23.2. The molecule has 0 aromatic heterocycles. The van der Waals surface area contributed by atoms with E-state index in [0.717, 1.165) is 18.1 Å². The van der Waals surface area contributed by atoms with Crippen molar-refractivity contribution in [1.82, 2.24) is 4.31 Å². The molecular weight excluding hydrogens is 551 g/mol. The Hall–Kier alpha value is -2.66. The molecular formula is C31H38F3N3O3S. The summed E-state index contributed by atoms with van der Waals surface area (Å²) >= 11 is 0. The molecule has 0 radical (unpaired) electrons.